The maximum absolute atomic E-state index is 12.0. The lowest BCUT2D eigenvalue weighted by molar-refractivity contribution is -0.222. The Morgan fingerprint density at radius 3 is 2.38 bits per heavy atom. The topological polar surface area (TPSA) is 108 Å². The minimum absolute atomic E-state index is 0.200. The van der Waals surface area contributed by atoms with Gasteiger partial charge in [-0.3, -0.25) is 0 Å². The number of hydrogen-bond acceptors (Lipinski definition) is 7. The van der Waals surface area contributed by atoms with Crippen LogP contribution < -0.4 is 9.47 Å². The number of ether oxygens (including phenoxy) is 4. The number of rotatable bonds is 6. The molecule has 8 nitrogen and oxygen atoms in total. The summed E-state index contributed by atoms with van der Waals surface area (Å²) in [5.41, 5.74) is 0.171. The summed E-state index contributed by atoms with van der Waals surface area (Å²) in [5, 5.41) is 8.76. The van der Waals surface area contributed by atoms with E-state index in [4.69, 9.17) is 24.1 Å². The molecule has 1 fully saturated rings. The molecule has 0 aromatic heterocycles. The van der Waals surface area contributed by atoms with E-state index in [1.807, 2.05) is 0 Å². The fourth-order valence-corrected chi connectivity index (χ4v) is 2.73. The van der Waals surface area contributed by atoms with Gasteiger partial charge in [-0.15, -0.1) is 0 Å². The number of carbonyl (C=O) groups is 3. The van der Waals surface area contributed by atoms with Crippen LogP contribution in [0.25, 0.3) is 6.08 Å². The third kappa shape index (κ3) is 4.75. The first-order valence-corrected chi connectivity index (χ1v) is 8.41. The van der Waals surface area contributed by atoms with Gasteiger partial charge in [0.05, 0.1) is 11.1 Å². The van der Waals surface area contributed by atoms with Crippen LogP contribution in [0.1, 0.15) is 26.3 Å². The molecule has 0 amide bonds. The average Bonchev–Trinajstić information content (AvgIpc) is 2.49. The third-order valence-electron chi connectivity index (χ3n) is 3.10. The SMILES string of the molecule is CCOc1cc(C=C2C(=O)OC(C)(C)OC2=O)cc(Br)c1OCC(=O)O. The minimum atomic E-state index is -1.32. The van der Waals surface area contributed by atoms with Crippen molar-refractivity contribution in [3.8, 4) is 11.5 Å². The zero-order valence-corrected chi connectivity index (χ0v) is 15.9. The molecule has 1 aliphatic rings. The van der Waals surface area contributed by atoms with Gasteiger partial charge in [0.25, 0.3) is 5.79 Å². The van der Waals surface area contributed by atoms with E-state index in [0.717, 1.165) is 0 Å². The van der Waals surface area contributed by atoms with Crippen LogP contribution in [0.15, 0.2) is 22.2 Å². The maximum atomic E-state index is 12.0. The molecule has 1 saturated heterocycles. The lowest BCUT2D eigenvalue weighted by Gasteiger charge is -2.29. The number of aliphatic carboxylic acids is 1. The van der Waals surface area contributed by atoms with E-state index in [-0.39, 0.29) is 17.1 Å². The highest BCUT2D eigenvalue weighted by atomic mass is 79.9. The summed E-state index contributed by atoms with van der Waals surface area (Å²) in [5.74, 6) is -3.60. The Kier molecular flexibility index (Phi) is 5.91. The van der Waals surface area contributed by atoms with Gasteiger partial charge in [0.15, 0.2) is 18.1 Å². The van der Waals surface area contributed by atoms with Crippen molar-refractivity contribution in [3.05, 3.63) is 27.7 Å². The van der Waals surface area contributed by atoms with Gasteiger partial charge in [0.1, 0.15) is 5.57 Å². The number of carboxylic acids is 1. The molecule has 0 aliphatic carbocycles. The van der Waals surface area contributed by atoms with E-state index in [9.17, 15) is 14.4 Å². The van der Waals surface area contributed by atoms with Gasteiger partial charge < -0.3 is 24.1 Å². The molecule has 0 atom stereocenters. The van der Waals surface area contributed by atoms with E-state index in [1.165, 1.54) is 26.0 Å². The number of halogens is 1. The Bertz CT molecular complexity index is 759. The Morgan fingerprint density at radius 2 is 1.85 bits per heavy atom. The van der Waals surface area contributed by atoms with Gasteiger partial charge in [-0.2, -0.15) is 0 Å². The second-order valence-electron chi connectivity index (χ2n) is 5.68. The Balaban J connectivity index is 2.39. The normalized spacial score (nSPS) is 15.8. The smallest absolute Gasteiger partial charge is 0.348 e. The summed E-state index contributed by atoms with van der Waals surface area (Å²) >= 11 is 3.27. The van der Waals surface area contributed by atoms with Crippen molar-refractivity contribution < 1.29 is 38.4 Å². The van der Waals surface area contributed by atoms with E-state index in [1.54, 1.807) is 13.0 Å². The Hall–Kier alpha value is -2.55. The number of hydrogen-bond donors (Lipinski definition) is 1. The first-order chi connectivity index (χ1) is 12.1. The predicted molar refractivity (Wildman–Crippen MR) is 92.7 cm³/mol. The molecule has 1 heterocycles. The summed E-state index contributed by atoms with van der Waals surface area (Å²) < 4.78 is 21.2. The van der Waals surface area contributed by atoms with Crippen molar-refractivity contribution >= 4 is 39.9 Å². The predicted octanol–water partition coefficient (Wildman–Crippen LogP) is 2.53. The van der Waals surface area contributed by atoms with Crippen molar-refractivity contribution in [2.75, 3.05) is 13.2 Å². The van der Waals surface area contributed by atoms with Crippen molar-refractivity contribution in [1.29, 1.82) is 0 Å². The number of benzene rings is 1. The highest BCUT2D eigenvalue weighted by Gasteiger charge is 2.38. The first-order valence-electron chi connectivity index (χ1n) is 7.62. The molecule has 1 N–H and O–H groups in total. The van der Waals surface area contributed by atoms with E-state index >= 15 is 0 Å². The fraction of sp³-hybridized carbons (Fsp3) is 0.353. The molecular formula is C17H17BrO8. The fourth-order valence-electron chi connectivity index (χ4n) is 2.15. The zero-order chi connectivity index (χ0) is 19.5. The highest BCUT2D eigenvalue weighted by Crippen LogP contribution is 2.38. The zero-order valence-electron chi connectivity index (χ0n) is 14.3. The van der Waals surface area contributed by atoms with Gasteiger partial charge in [0.2, 0.25) is 0 Å². The lowest BCUT2D eigenvalue weighted by atomic mass is 10.1. The maximum Gasteiger partial charge on any atom is 0.348 e. The summed E-state index contributed by atoms with van der Waals surface area (Å²) in [4.78, 5) is 34.8. The van der Waals surface area contributed by atoms with Gasteiger partial charge in [-0.1, -0.05) is 0 Å². The van der Waals surface area contributed by atoms with Crippen LogP contribution in [0.2, 0.25) is 0 Å². The van der Waals surface area contributed by atoms with Crippen LogP contribution >= 0.6 is 15.9 Å². The van der Waals surface area contributed by atoms with Crippen molar-refractivity contribution in [3.63, 3.8) is 0 Å². The van der Waals surface area contributed by atoms with E-state index in [0.29, 0.717) is 16.6 Å². The molecule has 0 unspecified atom stereocenters. The summed E-state index contributed by atoms with van der Waals surface area (Å²) in [6.07, 6.45) is 1.30. The van der Waals surface area contributed by atoms with Gasteiger partial charge in [0, 0.05) is 13.8 Å². The largest absolute Gasteiger partial charge is 0.490 e. The highest BCUT2D eigenvalue weighted by molar-refractivity contribution is 9.10. The molecule has 1 aliphatic heterocycles. The van der Waals surface area contributed by atoms with E-state index in [2.05, 4.69) is 15.9 Å². The molecule has 9 heteroatoms. The van der Waals surface area contributed by atoms with Crippen LogP contribution in [0.4, 0.5) is 0 Å². The van der Waals surface area contributed by atoms with Gasteiger partial charge in [-0.05, 0) is 46.6 Å². The second kappa shape index (κ2) is 7.77. The average molecular weight is 429 g/mol. The molecule has 140 valence electrons. The molecule has 0 spiro atoms. The summed E-state index contributed by atoms with van der Waals surface area (Å²) in [7, 11) is 0. The van der Waals surface area contributed by atoms with Crippen molar-refractivity contribution in [1.82, 2.24) is 0 Å². The van der Waals surface area contributed by atoms with Crippen LogP contribution in [-0.2, 0) is 23.9 Å². The minimum Gasteiger partial charge on any atom is -0.490 e. The summed E-state index contributed by atoms with van der Waals surface area (Å²) in [6, 6.07) is 3.06. The number of cyclic esters (lactones) is 2. The third-order valence-corrected chi connectivity index (χ3v) is 3.69. The van der Waals surface area contributed by atoms with Crippen LogP contribution in [0, 0.1) is 0 Å². The second-order valence-corrected chi connectivity index (χ2v) is 6.54. The van der Waals surface area contributed by atoms with Gasteiger partial charge in [-0.25, -0.2) is 14.4 Å². The Morgan fingerprint density at radius 1 is 1.23 bits per heavy atom. The van der Waals surface area contributed by atoms with Crippen LogP contribution in [-0.4, -0.2) is 42.0 Å². The molecule has 2 rings (SSSR count). The molecule has 0 saturated carbocycles. The molecule has 0 radical (unpaired) electrons. The molecule has 1 aromatic carbocycles. The molecule has 26 heavy (non-hydrogen) atoms. The molecular weight excluding hydrogens is 412 g/mol. The number of carboxylic acid groups (broad SMARTS) is 1. The lowest BCUT2D eigenvalue weighted by Crippen LogP contribution is -2.41. The molecule has 1 aromatic rings. The van der Waals surface area contributed by atoms with Crippen LogP contribution in [0.5, 0.6) is 11.5 Å². The van der Waals surface area contributed by atoms with Crippen molar-refractivity contribution in [2.45, 2.75) is 26.6 Å². The van der Waals surface area contributed by atoms with E-state index < -0.39 is 30.3 Å². The Labute approximate surface area is 157 Å². The summed E-state index contributed by atoms with van der Waals surface area (Å²) in [6.45, 7) is 4.41. The first kappa shape index (κ1) is 19.8. The number of carbonyl (C=O) groups excluding carboxylic acids is 2. The quantitative estimate of drug-likeness (QED) is 0.418. The standard InChI is InChI=1S/C17H17BrO8/c1-4-23-12-7-9(6-11(18)14(12)24-8-13(19)20)5-10-15(21)25-17(2,3)26-16(10)22/h5-7H,4,8H2,1-3H3,(H,19,20). The van der Waals surface area contributed by atoms with Gasteiger partial charge >= 0.3 is 17.9 Å². The van der Waals surface area contributed by atoms with Crippen molar-refractivity contribution in [2.24, 2.45) is 0 Å². The number of esters is 2. The molecule has 0 bridgehead atoms. The monoisotopic (exact) mass is 428 g/mol. The van der Waals surface area contributed by atoms with Crippen LogP contribution in [0.3, 0.4) is 0 Å².